The number of nitrogens with zero attached hydrogens (tertiary/aromatic N) is 2. The smallest absolute Gasteiger partial charge is 0.344 e. The first-order valence-electron chi connectivity index (χ1n) is 9.57. The van der Waals surface area contributed by atoms with Gasteiger partial charge in [0.05, 0.1) is 12.2 Å². The summed E-state index contributed by atoms with van der Waals surface area (Å²) in [5.74, 6) is 0. The fourth-order valence-corrected chi connectivity index (χ4v) is 3.35. The molecule has 29 heavy (non-hydrogen) atoms. The number of aromatic nitrogens is 1. The molecule has 0 aliphatic heterocycles. The number of hydrogen-bond donors (Lipinski definition) is 1. The van der Waals surface area contributed by atoms with Crippen LogP contribution in [0.4, 0.5) is 5.69 Å². The quantitative estimate of drug-likeness (QED) is 0.408. The molecule has 0 saturated heterocycles. The zero-order chi connectivity index (χ0) is 20.2. The van der Waals surface area contributed by atoms with Crippen LogP contribution in [0.25, 0.3) is 22.1 Å². The lowest BCUT2D eigenvalue weighted by molar-refractivity contribution is -0.688. The van der Waals surface area contributed by atoms with Crippen molar-refractivity contribution >= 4 is 16.7 Å². The molecule has 0 radical (unpaired) electrons. The molecule has 0 bridgehead atoms. The van der Waals surface area contributed by atoms with E-state index in [4.69, 9.17) is 9.52 Å². The van der Waals surface area contributed by atoms with Crippen LogP contribution in [-0.4, -0.2) is 25.3 Å². The predicted molar refractivity (Wildman–Crippen MR) is 114 cm³/mol. The molecule has 5 nitrogen and oxygen atoms in total. The van der Waals surface area contributed by atoms with Crippen molar-refractivity contribution in [2.24, 2.45) is 0 Å². The minimum Gasteiger partial charge on any atom is -0.422 e. The zero-order valence-electron chi connectivity index (χ0n) is 16.3. The van der Waals surface area contributed by atoms with Crippen LogP contribution in [0, 0.1) is 0 Å². The van der Waals surface area contributed by atoms with Gasteiger partial charge in [-0.15, -0.1) is 0 Å². The maximum atomic E-state index is 12.6. The Morgan fingerprint density at radius 3 is 2.48 bits per heavy atom. The molecular formula is C24H23N2O3+. The van der Waals surface area contributed by atoms with E-state index in [1.165, 1.54) is 5.56 Å². The Morgan fingerprint density at radius 2 is 1.76 bits per heavy atom. The third-order valence-electron chi connectivity index (χ3n) is 5.01. The number of benzene rings is 2. The summed E-state index contributed by atoms with van der Waals surface area (Å²) in [6.45, 7) is 1.36. The van der Waals surface area contributed by atoms with Gasteiger partial charge in [0.15, 0.2) is 18.9 Å². The second-order valence-corrected chi connectivity index (χ2v) is 7.06. The monoisotopic (exact) mass is 387 g/mol. The first-order chi connectivity index (χ1) is 14.1. The summed E-state index contributed by atoms with van der Waals surface area (Å²) >= 11 is 0. The molecule has 0 amide bonds. The summed E-state index contributed by atoms with van der Waals surface area (Å²) < 4.78 is 7.66. The number of rotatable bonds is 6. The second-order valence-electron chi connectivity index (χ2n) is 7.06. The number of aliphatic hydroxyl groups excluding tert-OH is 1. The molecular weight excluding hydrogens is 364 g/mol. The third kappa shape index (κ3) is 4.20. The minimum atomic E-state index is -0.361. The maximum absolute atomic E-state index is 12.6. The number of fused-ring (bicyclic) bond motifs is 1. The average Bonchev–Trinajstić information content (AvgIpc) is 2.74. The normalized spacial score (nSPS) is 11.0. The van der Waals surface area contributed by atoms with E-state index in [0.29, 0.717) is 17.7 Å². The highest BCUT2D eigenvalue weighted by Crippen LogP contribution is 2.24. The molecule has 5 heteroatoms. The lowest BCUT2D eigenvalue weighted by Crippen LogP contribution is -2.33. The molecule has 0 aliphatic rings. The third-order valence-corrected chi connectivity index (χ3v) is 5.01. The molecule has 4 aromatic rings. The average molecular weight is 387 g/mol. The van der Waals surface area contributed by atoms with E-state index in [9.17, 15) is 4.79 Å². The molecule has 0 saturated carbocycles. The Balaban J connectivity index is 1.62. The second kappa shape index (κ2) is 8.29. The van der Waals surface area contributed by atoms with Crippen LogP contribution in [0.1, 0.15) is 5.56 Å². The molecule has 0 fully saturated rings. The molecule has 146 valence electrons. The van der Waals surface area contributed by atoms with Crippen molar-refractivity contribution in [3.05, 3.63) is 95.1 Å². The van der Waals surface area contributed by atoms with Crippen LogP contribution in [0.3, 0.4) is 0 Å². The van der Waals surface area contributed by atoms with Crippen LogP contribution >= 0.6 is 0 Å². The number of hydrogen-bond acceptors (Lipinski definition) is 4. The first-order valence-corrected chi connectivity index (χ1v) is 9.57. The number of aliphatic hydroxyl groups is 1. The summed E-state index contributed by atoms with van der Waals surface area (Å²) in [6, 6.07) is 21.7. The predicted octanol–water partition coefficient (Wildman–Crippen LogP) is 3.22. The molecule has 2 aromatic heterocycles. The molecule has 0 unspecified atom stereocenters. The Bertz CT molecular complexity index is 1170. The lowest BCUT2D eigenvalue weighted by Gasteiger charge is -2.17. The molecule has 1 N–H and O–H groups in total. The summed E-state index contributed by atoms with van der Waals surface area (Å²) in [4.78, 5) is 14.5. The fourth-order valence-electron chi connectivity index (χ4n) is 3.35. The van der Waals surface area contributed by atoms with Crippen molar-refractivity contribution in [3.8, 4) is 11.1 Å². The van der Waals surface area contributed by atoms with E-state index in [1.807, 2.05) is 78.9 Å². The van der Waals surface area contributed by atoms with E-state index >= 15 is 0 Å². The maximum Gasteiger partial charge on any atom is 0.344 e. The van der Waals surface area contributed by atoms with Gasteiger partial charge in [-0.3, -0.25) is 0 Å². The van der Waals surface area contributed by atoms with Crippen LogP contribution in [0.15, 0.2) is 88.3 Å². The van der Waals surface area contributed by atoms with Gasteiger partial charge in [-0.2, -0.15) is 0 Å². The SMILES string of the molecule is CN(CCO)c1ccc2cc(-c3cc[n+](Cc4ccccc4)cc3)c(=O)oc2c1. The molecule has 0 spiro atoms. The summed E-state index contributed by atoms with van der Waals surface area (Å²) in [7, 11) is 1.89. The molecule has 0 atom stereocenters. The molecule has 0 aliphatic carbocycles. The highest BCUT2D eigenvalue weighted by Gasteiger charge is 2.11. The van der Waals surface area contributed by atoms with Gasteiger partial charge in [-0.05, 0) is 18.2 Å². The topological polar surface area (TPSA) is 57.6 Å². The van der Waals surface area contributed by atoms with Gasteiger partial charge in [0, 0.05) is 54.0 Å². The van der Waals surface area contributed by atoms with E-state index in [0.717, 1.165) is 23.2 Å². The van der Waals surface area contributed by atoms with E-state index < -0.39 is 0 Å². The van der Waals surface area contributed by atoms with Crippen molar-refractivity contribution in [1.29, 1.82) is 0 Å². The van der Waals surface area contributed by atoms with Gasteiger partial charge < -0.3 is 14.4 Å². The van der Waals surface area contributed by atoms with Crippen LogP contribution in [0.2, 0.25) is 0 Å². The summed E-state index contributed by atoms with van der Waals surface area (Å²) in [5, 5.41) is 9.97. The van der Waals surface area contributed by atoms with Gasteiger partial charge in [0.25, 0.3) is 0 Å². The molecule has 4 rings (SSSR count). The van der Waals surface area contributed by atoms with Gasteiger partial charge in [0.1, 0.15) is 5.58 Å². The lowest BCUT2D eigenvalue weighted by atomic mass is 10.1. The van der Waals surface area contributed by atoms with E-state index in [-0.39, 0.29) is 12.2 Å². The Morgan fingerprint density at radius 1 is 1.00 bits per heavy atom. The highest BCUT2D eigenvalue weighted by molar-refractivity contribution is 5.84. The molecule has 2 aromatic carbocycles. The Labute approximate surface area is 169 Å². The van der Waals surface area contributed by atoms with Crippen molar-refractivity contribution in [3.63, 3.8) is 0 Å². The fraction of sp³-hybridized carbons (Fsp3) is 0.167. The zero-order valence-corrected chi connectivity index (χ0v) is 16.3. The van der Waals surface area contributed by atoms with Crippen molar-refractivity contribution in [2.75, 3.05) is 25.1 Å². The molecule has 2 heterocycles. The number of likely N-dealkylation sites (N-methyl/N-ethyl adjacent to an activating group) is 1. The van der Waals surface area contributed by atoms with E-state index in [2.05, 4.69) is 16.7 Å². The summed E-state index contributed by atoms with van der Waals surface area (Å²) in [5.41, 5.74) is 3.66. The van der Waals surface area contributed by atoms with Gasteiger partial charge in [-0.1, -0.05) is 30.3 Å². The van der Waals surface area contributed by atoms with E-state index in [1.54, 1.807) is 0 Å². The number of pyridine rings is 1. The highest BCUT2D eigenvalue weighted by atomic mass is 16.4. The van der Waals surface area contributed by atoms with Crippen LogP contribution in [-0.2, 0) is 6.54 Å². The first kappa shape index (κ1) is 18.9. The van der Waals surface area contributed by atoms with Gasteiger partial charge in [-0.25, -0.2) is 9.36 Å². The minimum absolute atomic E-state index is 0.0652. The summed E-state index contributed by atoms with van der Waals surface area (Å²) in [6.07, 6.45) is 3.94. The largest absolute Gasteiger partial charge is 0.422 e. The van der Waals surface area contributed by atoms with Crippen molar-refractivity contribution in [2.45, 2.75) is 6.54 Å². The van der Waals surface area contributed by atoms with Crippen molar-refractivity contribution < 1.29 is 14.1 Å². The Hall–Kier alpha value is -3.44. The van der Waals surface area contributed by atoms with Crippen molar-refractivity contribution in [1.82, 2.24) is 0 Å². The van der Waals surface area contributed by atoms with Gasteiger partial charge in [0.2, 0.25) is 0 Å². The van der Waals surface area contributed by atoms with Gasteiger partial charge >= 0.3 is 5.63 Å². The van der Waals surface area contributed by atoms with Crippen LogP contribution < -0.4 is 15.1 Å². The number of anilines is 1. The standard InChI is InChI=1S/C24H23N2O3/c1-25(13-14-27)21-8-7-20-15-22(24(28)29-23(20)16-21)19-9-11-26(12-10-19)17-18-5-3-2-4-6-18/h2-12,15-16,27H,13-14,17H2,1H3/q+1. The van der Waals surface area contributed by atoms with Crippen LogP contribution in [0.5, 0.6) is 0 Å². The Kier molecular flexibility index (Phi) is 5.40.